The molecule has 0 saturated carbocycles. The summed E-state index contributed by atoms with van der Waals surface area (Å²) >= 11 is 0. The average Bonchev–Trinajstić information content (AvgIpc) is 2.58. The molecule has 7 nitrogen and oxygen atoms in total. The van der Waals surface area contributed by atoms with Crippen LogP contribution in [0.2, 0.25) is 0 Å². The Morgan fingerprint density at radius 3 is 1.62 bits per heavy atom. The van der Waals surface area contributed by atoms with E-state index in [2.05, 4.69) is 6.92 Å². The van der Waals surface area contributed by atoms with Gasteiger partial charge >= 0.3 is 0 Å². The van der Waals surface area contributed by atoms with Gasteiger partial charge in [-0.3, -0.25) is 0 Å². The van der Waals surface area contributed by atoms with E-state index in [9.17, 15) is 0 Å². The Kier molecular flexibility index (Phi) is 9.29. The van der Waals surface area contributed by atoms with Crippen LogP contribution < -0.4 is 20.9 Å². The van der Waals surface area contributed by atoms with Crippen LogP contribution in [-0.4, -0.2) is 42.0 Å². The van der Waals surface area contributed by atoms with Gasteiger partial charge in [-0.1, -0.05) is 13.3 Å². The van der Waals surface area contributed by atoms with Crippen molar-refractivity contribution < 1.29 is 24.7 Å². The second-order valence-corrected chi connectivity index (χ2v) is 6.00. The number of hydrogen-bond acceptors (Lipinski definition) is 6. The summed E-state index contributed by atoms with van der Waals surface area (Å²) in [6.45, 7) is 3.27. The minimum absolute atomic E-state index is 0.102. The zero-order valence-corrected chi connectivity index (χ0v) is 15.5. The van der Waals surface area contributed by atoms with E-state index >= 15 is 0 Å². The molecule has 6 N–H and O–H groups in total. The van der Waals surface area contributed by atoms with Gasteiger partial charge in [0.2, 0.25) is 0 Å². The third-order valence-electron chi connectivity index (χ3n) is 3.31. The molecule has 0 spiro atoms. The van der Waals surface area contributed by atoms with E-state index in [0.717, 1.165) is 30.9 Å². The molecule has 26 heavy (non-hydrogen) atoms. The first kappa shape index (κ1) is 21.6. The smallest absolute Gasteiger partial charge is 0.175 e. The highest BCUT2D eigenvalue weighted by atomic mass is 16.8. The fourth-order valence-electron chi connectivity index (χ4n) is 1.80. The number of rotatable bonds is 8. The molecule has 0 aliphatic rings. The molecular weight excluding hydrogens is 334 g/mol. The van der Waals surface area contributed by atoms with Gasteiger partial charge in [0.05, 0.1) is 6.61 Å². The molecule has 0 saturated heterocycles. The van der Waals surface area contributed by atoms with Crippen molar-refractivity contribution in [2.24, 2.45) is 0 Å². The summed E-state index contributed by atoms with van der Waals surface area (Å²) in [6, 6.07) is 14.4. The monoisotopic (exact) mass is 364 g/mol. The number of hydroxylamine groups is 4. The lowest BCUT2D eigenvalue weighted by molar-refractivity contribution is -1.23. The lowest BCUT2D eigenvalue weighted by atomic mass is 10.3. The van der Waals surface area contributed by atoms with Gasteiger partial charge in [-0.05, 0) is 59.8 Å². The van der Waals surface area contributed by atoms with Gasteiger partial charge in [-0.15, -0.1) is 0 Å². The minimum atomic E-state index is -1.09. The second-order valence-electron chi connectivity index (χ2n) is 6.00. The third-order valence-corrected chi connectivity index (χ3v) is 3.31. The molecule has 0 aromatic heterocycles. The maximum atomic E-state index is 8.93. The zero-order valence-electron chi connectivity index (χ0n) is 15.5. The Hall–Kier alpha value is -2.48. The number of nitrogens with two attached hydrogens (primary N) is 2. The summed E-state index contributed by atoms with van der Waals surface area (Å²) in [7, 11) is 1.26. The Bertz CT molecular complexity index is 610. The Labute approximate surface area is 154 Å². The molecule has 7 heteroatoms. The molecule has 2 aromatic carbocycles. The highest BCUT2D eigenvalue weighted by Gasteiger charge is 2.13. The maximum Gasteiger partial charge on any atom is 0.175 e. The van der Waals surface area contributed by atoms with Crippen LogP contribution in [0.15, 0.2) is 48.5 Å². The zero-order chi connectivity index (χ0) is 19.4. The highest BCUT2D eigenvalue weighted by Crippen LogP contribution is 2.13. The number of unbranched alkanes of at least 4 members (excludes halogenated alkanes) is 1. The van der Waals surface area contributed by atoms with Gasteiger partial charge in [0.15, 0.2) is 6.54 Å². The van der Waals surface area contributed by atoms with Crippen LogP contribution in [0.3, 0.4) is 0 Å². The number of nitrogen functional groups attached to an aromatic ring is 2. The number of ether oxygens (including phenoxy) is 2. The van der Waals surface area contributed by atoms with E-state index in [1.54, 1.807) is 24.3 Å². The second kappa shape index (κ2) is 11.2. The molecule has 0 heterocycles. The Balaban J connectivity index is 0.000000263. The van der Waals surface area contributed by atoms with Gasteiger partial charge in [0.1, 0.15) is 25.2 Å². The summed E-state index contributed by atoms with van der Waals surface area (Å²) in [5.74, 6) is 1.56. The van der Waals surface area contributed by atoms with E-state index in [-0.39, 0.29) is 13.2 Å². The molecule has 0 aliphatic carbocycles. The topological polar surface area (TPSA) is 111 Å². The first-order valence-corrected chi connectivity index (χ1v) is 8.58. The number of benzene rings is 2. The van der Waals surface area contributed by atoms with Crippen molar-refractivity contribution in [3.8, 4) is 11.5 Å². The standard InChI is InChI=1S/C10H15NO.C9H15N2O3/c1-2-3-8-12-10-6-4-9(11)5-7-10;1-11(12,13)6-7-14-9-4-2-8(10)3-5-9/h4-7H,2-3,8,11H2,1H3;2-5,12-13H,6-7,10H2,1H3/q;+1. The molecule has 0 atom stereocenters. The number of anilines is 2. The number of quaternary nitrogens is 1. The number of hydrogen-bond donors (Lipinski definition) is 4. The minimum Gasteiger partial charge on any atom is -0.494 e. The highest BCUT2D eigenvalue weighted by molar-refractivity contribution is 5.42. The molecule has 0 amide bonds. The quantitative estimate of drug-likeness (QED) is 0.247. The van der Waals surface area contributed by atoms with Crippen LogP contribution in [0.4, 0.5) is 11.4 Å². The lowest BCUT2D eigenvalue weighted by Crippen LogP contribution is -2.39. The largest absolute Gasteiger partial charge is 0.494 e. The van der Waals surface area contributed by atoms with Crippen LogP contribution in [0, 0.1) is 0 Å². The fourth-order valence-corrected chi connectivity index (χ4v) is 1.80. The summed E-state index contributed by atoms with van der Waals surface area (Å²) in [4.78, 5) is -1.09. The summed E-state index contributed by atoms with van der Waals surface area (Å²) in [5.41, 5.74) is 12.5. The van der Waals surface area contributed by atoms with Crippen molar-refractivity contribution in [3.63, 3.8) is 0 Å². The van der Waals surface area contributed by atoms with Crippen molar-refractivity contribution in [1.29, 1.82) is 0 Å². The Morgan fingerprint density at radius 2 is 1.23 bits per heavy atom. The summed E-state index contributed by atoms with van der Waals surface area (Å²) in [5, 5.41) is 17.9. The molecule has 0 unspecified atom stereocenters. The van der Waals surface area contributed by atoms with E-state index in [1.165, 1.54) is 7.05 Å². The molecule has 0 fully saturated rings. The molecule has 0 radical (unpaired) electrons. The van der Waals surface area contributed by atoms with Gasteiger partial charge < -0.3 is 20.9 Å². The molecular formula is C19H30N3O4+. The summed E-state index contributed by atoms with van der Waals surface area (Å²) in [6.07, 6.45) is 2.26. The fraction of sp³-hybridized carbons (Fsp3) is 0.368. The summed E-state index contributed by atoms with van der Waals surface area (Å²) < 4.78 is 10.7. The third kappa shape index (κ3) is 10.4. The van der Waals surface area contributed by atoms with Crippen molar-refractivity contribution in [2.75, 3.05) is 38.3 Å². The van der Waals surface area contributed by atoms with E-state index in [0.29, 0.717) is 11.4 Å². The van der Waals surface area contributed by atoms with Crippen molar-refractivity contribution >= 4 is 11.4 Å². The molecule has 0 aliphatic heterocycles. The van der Waals surface area contributed by atoms with Crippen LogP contribution >= 0.6 is 0 Å². The van der Waals surface area contributed by atoms with E-state index < -0.39 is 4.81 Å². The number of nitrogens with zero attached hydrogens (tertiary/aromatic N) is 1. The lowest BCUT2D eigenvalue weighted by Gasteiger charge is -2.15. The van der Waals surface area contributed by atoms with Crippen LogP contribution in [0.25, 0.3) is 0 Å². The van der Waals surface area contributed by atoms with Crippen LogP contribution in [0.5, 0.6) is 11.5 Å². The average molecular weight is 364 g/mol. The first-order valence-electron chi connectivity index (χ1n) is 8.58. The van der Waals surface area contributed by atoms with E-state index in [1.807, 2.05) is 24.3 Å². The van der Waals surface area contributed by atoms with Gasteiger partial charge in [-0.2, -0.15) is 10.4 Å². The van der Waals surface area contributed by atoms with Crippen LogP contribution in [-0.2, 0) is 0 Å². The predicted octanol–water partition coefficient (Wildman–Crippen LogP) is 3.32. The maximum absolute atomic E-state index is 8.93. The molecule has 2 aromatic rings. The van der Waals surface area contributed by atoms with E-state index in [4.69, 9.17) is 31.4 Å². The van der Waals surface area contributed by atoms with Gasteiger partial charge in [0.25, 0.3) is 0 Å². The number of likely N-dealkylation sites (N-methyl/N-ethyl adjacent to an activating group) is 1. The SMILES string of the molecule is CCCCOc1ccc(N)cc1.C[N+](O)(O)CCOc1ccc(N)cc1. The van der Waals surface area contributed by atoms with Gasteiger partial charge in [0, 0.05) is 11.4 Å². The van der Waals surface area contributed by atoms with Crippen LogP contribution in [0.1, 0.15) is 19.8 Å². The van der Waals surface area contributed by atoms with Crippen molar-refractivity contribution in [2.45, 2.75) is 19.8 Å². The van der Waals surface area contributed by atoms with Gasteiger partial charge in [-0.25, -0.2) is 0 Å². The molecule has 144 valence electrons. The first-order chi connectivity index (χ1) is 12.3. The van der Waals surface area contributed by atoms with Crippen molar-refractivity contribution in [3.05, 3.63) is 48.5 Å². The normalized spacial score (nSPS) is 10.6. The predicted molar refractivity (Wildman–Crippen MR) is 102 cm³/mol. The molecule has 0 bridgehead atoms. The van der Waals surface area contributed by atoms with Crippen molar-refractivity contribution in [1.82, 2.24) is 0 Å². The Morgan fingerprint density at radius 1 is 0.808 bits per heavy atom. The molecule has 2 rings (SSSR count).